The fourth-order valence-electron chi connectivity index (χ4n) is 1.54. The first kappa shape index (κ1) is 12.0. The van der Waals surface area contributed by atoms with Gasteiger partial charge in [-0.2, -0.15) is 0 Å². The van der Waals surface area contributed by atoms with Gasteiger partial charge in [-0.1, -0.05) is 23.9 Å². The van der Waals surface area contributed by atoms with Gasteiger partial charge in [-0.05, 0) is 24.1 Å². The van der Waals surface area contributed by atoms with Gasteiger partial charge in [0.15, 0.2) is 5.16 Å². The van der Waals surface area contributed by atoms with E-state index in [0.717, 1.165) is 23.1 Å². The van der Waals surface area contributed by atoms with Crippen LogP contribution in [0.4, 0.5) is 0 Å². The van der Waals surface area contributed by atoms with Gasteiger partial charge in [0.1, 0.15) is 5.75 Å². The molecule has 0 fully saturated rings. The lowest BCUT2D eigenvalue weighted by molar-refractivity contribution is 0.414. The first-order chi connectivity index (χ1) is 8.29. The second-order valence-electron chi connectivity index (χ2n) is 3.77. The van der Waals surface area contributed by atoms with Gasteiger partial charge in [0, 0.05) is 25.2 Å². The van der Waals surface area contributed by atoms with Crippen molar-refractivity contribution in [1.82, 2.24) is 9.55 Å². The summed E-state index contributed by atoms with van der Waals surface area (Å²) in [5.74, 6) is 1.95. The zero-order valence-corrected chi connectivity index (χ0v) is 10.9. The Balaban J connectivity index is 1.83. The molecule has 0 aliphatic heterocycles. The van der Waals surface area contributed by atoms with Crippen molar-refractivity contribution in [3.05, 3.63) is 42.2 Å². The van der Waals surface area contributed by atoms with Crippen molar-refractivity contribution < 1.29 is 4.74 Å². The van der Waals surface area contributed by atoms with E-state index >= 15 is 0 Å². The molecule has 0 aliphatic rings. The molecule has 1 aromatic heterocycles. The summed E-state index contributed by atoms with van der Waals surface area (Å²) in [6.07, 6.45) is 4.84. The van der Waals surface area contributed by atoms with Crippen LogP contribution < -0.4 is 4.74 Å². The number of hydrogen-bond donors (Lipinski definition) is 0. The van der Waals surface area contributed by atoms with Gasteiger partial charge in [-0.25, -0.2) is 4.98 Å². The van der Waals surface area contributed by atoms with E-state index in [9.17, 15) is 0 Å². The quantitative estimate of drug-likeness (QED) is 0.761. The minimum absolute atomic E-state index is 0.908. The van der Waals surface area contributed by atoms with Gasteiger partial charge in [-0.3, -0.25) is 0 Å². The van der Waals surface area contributed by atoms with Crippen LogP contribution in [-0.2, 0) is 13.5 Å². The molecule has 0 amide bonds. The van der Waals surface area contributed by atoms with Crippen LogP contribution in [0.15, 0.2) is 41.8 Å². The van der Waals surface area contributed by atoms with Crippen LogP contribution in [0.25, 0.3) is 0 Å². The minimum atomic E-state index is 0.908. The van der Waals surface area contributed by atoms with Crippen molar-refractivity contribution in [2.45, 2.75) is 11.6 Å². The number of thioether (sulfide) groups is 1. The van der Waals surface area contributed by atoms with Gasteiger partial charge >= 0.3 is 0 Å². The van der Waals surface area contributed by atoms with Crippen LogP contribution in [-0.4, -0.2) is 22.4 Å². The Morgan fingerprint density at radius 1 is 1.29 bits per heavy atom. The maximum absolute atomic E-state index is 5.13. The van der Waals surface area contributed by atoms with Gasteiger partial charge in [0.2, 0.25) is 0 Å². The highest BCUT2D eigenvalue weighted by molar-refractivity contribution is 7.99. The zero-order valence-electron chi connectivity index (χ0n) is 10.1. The van der Waals surface area contributed by atoms with Crippen molar-refractivity contribution in [3.63, 3.8) is 0 Å². The maximum Gasteiger partial charge on any atom is 0.167 e. The Bertz CT molecular complexity index is 465. The predicted molar refractivity (Wildman–Crippen MR) is 70.6 cm³/mol. The number of aromatic nitrogens is 2. The molecule has 3 nitrogen and oxygen atoms in total. The fourth-order valence-corrected chi connectivity index (χ4v) is 2.46. The summed E-state index contributed by atoms with van der Waals surface area (Å²) in [6.45, 7) is 0. The Hall–Kier alpha value is -1.42. The number of ether oxygens (including phenoxy) is 1. The highest BCUT2D eigenvalue weighted by Crippen LogP contribution is 2.17. The fraction of sp³-hybridized carbons (Fsp3) is 0.308. The molecule has 17 heavy (non-hydrogen) atoms. The standard InChI is InChI=1S/C13H16N2OS/c1-15-9-8-14-13(15)17-10-7-11-3-5-12(16-2)6-4-11/h3-6,8-9H,7,10H2,1-2H3. The summed E-state index contributed by atoms with van der Waals surface area (Å²) in [6, 6.07) is 8.22. The van der Waals surface area contributed by atoms with Crippen molar-refractivity contribution in [1.29, 1.82) is 0 Å². The molecule has 0 saturated heterocycles. The Morgan fingerprint density at radius 2 is 2.06 bits per heavy atom. The van der Waals surface area contributed by atoms with E-state index in [0.29, 0.717) is 0 Å². The van der Waals surface area contributed by atoms with Gasteiger partial charge in [-0.15, -0.1) is 0 Å². The minimum Gasteiger partial charge on any atom is -0.497 e. The lowest BCUT2D eigenvalue weighted by Gasteiger charge is -2.03. The number of hydrogen-bond acceptors (Lipinski definition) is 3. The molecule has 0 unspecified atom stereocenters. The summed E-state index contributed by atoms with van der Waals surface area (Å²) in [5, 5.41) is 1.07. The molecule has 0 aliphatic carbocycles. The lowest BCUT2D eigenvalue weighted by Crippen LogP contribution is -1.93. The van der Waals surface area contributed by atoms with Gasteiger partial charge in [0.05, 0.1) is 7.11 Å². The molecule has 1 aromatic carbocycles. The van der Waals surface area contributed by atoms with E-state index in [1.807, 2.05) is 36.1 Å². The zero-order chi connectivity index (χ0) is 12.1. The second kappa shape index (κ2) is 5.77. The third-order valence-electron chi connectivity index (χ3n) is 2.56. The first-order valence-electron chi connectivity index (χ1n) is 5.52. The SMILES string of the molecule is COc1ccc(CCSc2nccn2C)cc1. The molecule has 90 valence electrons. The molecule has 0 atom stereocenters. The number of methoxy groups -OCH3 is 1. The van der Waals surface area contributed by atoms with Crippen molar-refractivity contribution >= 4 is 11.8 Å². The molecule has 0 spiro atoms. The van der Waals surface area contributed by atoms with Crippen molar-refractivity contribution in [2.75, 3.05) is 12.9 Å². The molecule has 0 radical (unpaired) electrons. The van der Waals surface area contributed by atoms with E-state index < -0.39 is 0 Å². The maximum atomic E-state index is 5.13. The molecule has 2 rings (SSSR count). The van der Waals surface area contributed by atoms with Crippen LogP contribution in [0, 0.1) is 0 Å². The largest absolute Gasteiger partial charge is 0.497 e. The third-order valence-corrected chi connectivity index (χ3v) is 3.62. The smallest absolute Gasteiger partial charge is 0.167 e. The first-order valence-corrected chi connectivity index (χ1v) is 6.51. The van der Waals surface area contributed by atoms with Crippen LogP contribution in [0.3, 0.4) is 0 Å². The summed E-state index contributed by atoms with van der Waals surface area (Å²) in [5.41, 5.74) is 1.33. The van der Waals surface area contributed by atoms with Crippen LogP contribution >= 0.6 is 11.8 Å². The summed E-state index contributed by atoms with van der Waals surface area (Å²) < 4.78 is 7.17. The van der Waals surface area contributed by atoms with Crippen molar-refractivity contribution in [2.24, 2.45) is 7.05 Å². The Morgan fingerprint density at radius 3 is 2.65 bits per heavy atom. The lowest BCUT2D eigenvalue weighted by atomic mass is 10.2. The summed E-state index contributed by atoms with van der Waals surface area (Å²) in [7, 11) is 3.70. The molecule has 2 aromatic rings. The van der Waals surface area contributed by atoms with Crippen molar-refractivity contribution in [3.8, 4) is 5.75 Å². The Kier molecular flexibility index (Phi) is 4.09. The van der Waals surface area contributed by atoms with E-state index in [4.69, 9.17) is 4.74 Å². The predicted octanol–water partition coefficient (Wildman–Crippen LogP) is 2.76. The highest BCUT2D eigenvalue weighted by atomic mass is 32.2. The van der Waals surface area contributed by atoms with Crippen LogP contribution in [0.5, 0.6) is 5.75 Å². The average Bonchev–Trinajstić information content (AvgIpc) is 2.76. The van der Waals surface area contributed by atoms with E-state index in [2.05, 4.69) is 17.1 Å². The molecule has 4 heteroatoms. The molecule has 1 heterocycles. The molecular formula is C13H16N2OS. The van der Waals surface area contributed by atoms with Crippen LogP contribution in [0.1, 0.15) is 5.56 Å². The van der Waals surface area contributed by atoms with Gasteiger partial charge in [0.25, 0.3) is 0 Å². The van der Waals surface area contributed by atoms with E-state index in [1.165, 1.54) is 5.56 Å². The summed E-state index contributed by atoms with van der Waals surface area (Å²) >= 11 is 1.78. The molecule has 0 N–H and O–H groups in total. The monoisotopic (exact) mass is 248 g/mol. The third kappa shape index (κ3) is 3.27. The molecule has 0 saturated carbocycles. The number of benzene rings is 1. The number of rotatable bonds is 5. The number of aryl methyl sites for hydroxylation is 2. The van der Waals surface area contributed by atoms with Gasteiger partial charge < -0.3 is 9.30 Å². The summed E-state index contributed by atoms with van der Waals surface area (Å²) in [4.78, 5) is 4.28. The molecule has 0 bridgehead atoms. The second-order valence-corrected chi connectivity index (χ2v) is 4.83. The molecular weight excluding hydrogens is 232 g/mol. The van der Waals surface area contributed by atoms with E-state index in [1.54, 1.807) is 18.9 Å². The van der Waals surface area contributed by atoms with E-state index in [-0.39, 0.29) is 0 Å². The number of nitrogens with zero attached hydrogens (tertiary/aromatic N) is 2. The normalized spacial score (nSPS) is 10.5. The topological polar surface area (TPSA) is 27.1 Å². The van der Waals surface area contributed by atoms with Crippen LogP contribution in [0.2, 0.25) is 0 Å². The average molecular weight is 248 g/mol. The number of imidazole rings is 1. The highest BCUT2D eigenvalue weighted by Gasteiger charge is 2.00. The Labute approximate surface area is 106 Å².